The number of methoxy groups -OCH3 is 1. The zero-order valence-corrected chi connectivity index (χ0v) is 11.5. The molecule has 2 rings (SSSR count). The van der Waals surface area contributed by atoms with Crippen LogP contribution in [0.3, 0.4) is 0 Å². The molecule has 4 nitrogen and oxygen atoms in total. The highest BCUT2D eigenvalue weighted by atomic mass is 16.5. The highest BCUT2D eigenvalue weighted by Crippen LogP contribution is 2.32. The van der Waals surface area contributed by atoms with Crippen LogP contribution in [0.25, 0.3) is 0 Å². The zero-order valence-electron chi connectivity index (χ0n) is 11.5. The van der Waals surface area contributed by atoms with E-state index in [4.69, 9.17) is 14.2 Å². The van der Waals surface area contributed by atoms with Crippen LogP contribution >= 0.6 is 0 Å². The molecule has 1 saturated carbocycles. The minimum atomic E-state index is -0.287. The van der Waals surface area contributed by atoms with Gasteiger partial charge in [-0.05, 0) is 43.4 Å². The fraction of sp³-hybridized carbons (Fsp3) is 0.533. The van der Waals surface area contributed by atoms with E-state index in [2.05, 4.69) is 0 Å². The monoisotopic (exact) mass is 264 g/mol. The number of hydrogen-bond donors (Lipinski definition) is 0. The SMILES string of the molecule is COc1cc(COC(C)=O)ccc1OC1CCCC1. The number of carbonyl (C=O) groups excluding carboxylic acids is 1. The Labute approximate surface area is 113 Å². The summed E-state index contributed by atoms with van der Waals surface area (Å²) in [5.74, 6) is 1.17. The number of ether oxygens (including phenoxy) is 3. The molecule has 0 aromatic heterocycles. The van der Waals surface area contributed by atoms with Crippen LogP contribution in [0.5, 0.6) is 11.5 Å². The maximum atomic E-state index is 10.8. The second-order valence-corrected chi connectivity index (χ2v) is 4.79. The van der Waals surface area contributed by atoms with Crippen molar-refractivity contribution in [2.24, 2.45) is 0 Å². The summed E-state index contributed by atoms with van der Waals surface area (Å²) >= 11 is 0. The third kappa shape index (κ3) is 3.88. The number of hydrogen-bond acceptors (Lipinski definition) is 4. The third-order valence-corrected chi connectivity index (χ3v) is 3.27. The topological polar surface area (TPSA) is 44.8 Å². The summed E-state index contributed by atoms with van der Waals surface area (Å²) in [5, 5.41) is 0. The van der Waals surface area contributed by atoms with Crippen LogP contribution in [0.15, 0.2) is 18.2 Å². The molecule has 104 valence electrons. The van der Waals surface area contributed by atoms with Crippen LogP contribution in [-0.4, -0.2) is 19.2 Å². The number of esters is 1. The van der Waals surface area contributed by atoms with Gasteiger partial charge in [-0.25, -0.2) is 0 Å². The second-order valence-electron chi connectivity index (χ2n) is 4.79. The molecule has 0 spiro atoms. The summed E-state index contributed by atoms with van der Waals surface area (Å²) in [5.41, 5.74) is 0.894. The number of benzene rings is 1. The standard InChI is InChI=1S/C15H20O4/c1-11(16)18-10-12-7-8-14(15(9-12)17-2)19-13-5-3-4-6-13/h7-9,13H,3-6,10H2,1-2H3. The fourth-order valence-electron chi connectivity index (χ4n) is 2.27. The van der Waals surface area contributed by atoms with E-state index in [0.29, 0.717) is 11.9 Å². The predicted octanol–water partition coefficient (Wildman–Crippen LogP) is 3.08. The van der Waals surface area contributed by atoms with E-state index in [-0.39, 0.29) is 12.6 Å². The van der Waals surface area contributed by atoms with Gasteiger partial charge in [0.05, 0.1) is 13.2 Å². The average Bonchev–Trinajstić information content (AvgIpc) is 2.90. The Balaban J connectivity index is 2.04. The van der Waals surface area contributed by atoms with Crippen molar-refractivity contribution in [1.82, 2.24) is 0 Å². The first-order valence-electron chi connectivity index (χ1n) is 6.66. The van der Waals surface area contributed by atoms with Crippen molar-refractivity contribution < 1.29 is 19.0 Å². The molecule has 1 aliphatic rings. The summed E-state index contributed by atoms with van der Waals surface area (Å²) in [7, 11) is 1.62. The highest BCUT2D eigenvalue weighted by Gasteiger charge is 2.18. The lowest BCUT2D eigenvalue weighted by Gasteiger charge is -2.16. The van der Waals surface area contributed by atoms with Crippen LogP contribution in [0, 0.1) is 0 Å². The lowest BCUT2D eigenvalue weighted by Crippen LogP contribution is -2.11. The van der Waals surface area contributed by atoms with Gasteiger partial charge in [0.2, 0.25) is 0 Å². The predicted molar refractivity (Wildman–Crippen MR) is 71.3 cm³/mol. The van der Waals surface area contributed by atoms with Crippen LogP contribution < -0.4 is 9.47 Å². The number of carbonyl (C=O) groups is 1. The van der Waals surface area contributed by atoms with Gasteiger partial charge in [0.15, 0.2) is 11.5 Å². The van der Waals surface area contributed by atoms with Crippen molar-refractivity contribution in [1.29, 1.82) is 0 Å². The summed E-state index contributed by atoms with van der Waals surface area (Å²) < 4.78 is 16.2. The Morgan fingerprint density at radius 3 is 2.63 bits per heavy atom. The van der Waals surface area contributed by atoms with Crippen LogP contribution in [0.4, 0.5) is 0 Å². The normalized spacial score (nSPS) is 15.3. The van der Waals surface area contributed by atoms with E-state index < -0.39 is 0 Å². The Bertz CT molecular complexity index is 436. The zero-order chi connectivity index (χ0) is 13.7. The number of rotatable bonds is 5. The van der Waals surface area contributed by atoms with E-state index in [1.165, 1.54) is 19.8 Å². The van der Waals surface area contributed by atoms with Gasteiger partial charge in [-0.15, -0.1) is 0 Å². The van der Waals surface area contributed by atoms with Gasteiger partial charge in [0.25, 0.3) is 0 Å². The van der Waals surface area contributed by atoms with Gasteiger partial charge in [-0.3, -0.25) is 4.79 Å². The smallest absolute Gasteiger partial charge is 0.302 e. The van der Waals surface area contributed by atoms with Crippen molar-refractivity contribution in [3.63, 3.8) is 0 Å². The molecule has 0 amide bonds. The maximum absolute atomic E-state index is 10.8. The van der Waals surface area contributed by atoms with Crippen molar-refractivity contribution in [2.75, 3.05) is 7.11 Å². The average molecular weight is 264 g/mol. The molecule has 0 N–H and O–H groups in total. The first-order valence-corrected chi connectivity index (χ1v) is 6.66. The summed E-state index contributed by atoms with van der Waals surface area (Å²) in [4.78, 5) is 10.8. The lowest BCUT2D eigenvalue weighted by atomic mass is 10.2. The highest BCUT2D eigenvalue weighted by molar-refractivity contribution is 5.66. The Kier molecular flexibility index (Phi) is 4.66. The third-order valence-electron chi connectivity index (χ3n) is 3.27. The molecular weight excluding hydrogens is 244 g/mol. The molecular formula is C15H20O4. The van der Waals surface area contributed by atoms with Crippen LogP contribution in [-0.2, 0) is 16.1 Å². The molecule has 0 aliphatic heterocycles. The first-order chi connectivity index (χ1) is 9.19. The van der Waals surface area contributed by atoms with Gasteiger partial charge in [-0.2, -0.15) is 0 Å². The molecule has 0 atom stereocenters. The van der Waals surface area contributed by atoms with Gasteiger partial charge in [0.1, 0.15) is 6.61 Å². The van der Waals surface area contributed by atoms with E-state index in [0.717, 1.165) is 24.2 Å². The summed E-state index contributed by atoms with van der Waals surface area (Å²) in [6.45, 7) is 1.66. The molecule has 0 radical (unpaired) electrons. The van der Waals surface area contributed by atoms with Gasteiger partial charge in [-0.1, -0.05) is 6.07 Å². The molecule has 0 heterocycles. The molecule has 1 aliphatic carbocycles. The molecule has 0 saturated heterocycles. The quantitative estimate of drug-likeness (QED) is 0.767. The second kappa shape index (κ2) is 6.45. The van der Waals surface area contributed by atoms with E-state index in [1.54, 1.807) is 7.11 Å². The van der Waals surface area contributed by atoms with Crippen molar-refractivity contribution in [2.45, 2.75) is 45.3 Å². The molecule has 1 aromatic rings. The van der Waals surface area contributed by atoms with E-state index in [9.17, 15) is 4.79 Å². The Morgan fingerprint density at radius 2 is 2.00 bits per heavy atom. The summed E-state index contributed by atoms with van der Waals surface area (Å²) in [6, 6.07) is 5.64. The van der Waals surface area contributed by atoms with Crippen molar-refractivity contribution >= 4 is 5.97 Å². The molecule has 1 fully saturated rings. The van der Waals surface area contributed by atoms with Gasteiger partial charge >= 0.3 is 5.97 Å². The van der Waals surface area contributed by atoms with Crippen molar-refractivity contribution in [3.8, 4) is 11.5 Å². The van der Waals surface area contributed by atoms with Crippen LogP contribution in [0.2, 0.25) is 0 Å². The molecule has 19 heavy (non-hydrogen) atoms. The molecule has 0 bridgehead atoms. The Morgan fingerprint density at radius 1 is 1.26 bits per heavy atom. The van der Waals surface area contributed by atoms with Gasteiger partial charge < -0.3 is 14.2 Å². The first kappa shape index (κ1) is 13.7. The lowest BCUT2D eigenvalue weighted by molar-refractivity contribution is -0.142. The summed E-state index contributed by atoms with van der Waals surface area (Å²) in [6.07, 6.45) is 4.99. The van der Waals surface area contributed by atoms with E-state index >= 15 is 0 Å². The van der Waals surface area contributed by atoms with Gasteiger partial charge in [0, 0.05) is 6.92 Å². The maximum Gasteiger partial charge on any atom is 0.302 e. The van der Waals surface area contributed by atoms with Crippen LogP contribution in [0.1, 0.15) is 38.2 Å². The van der Waals surface area contributed by atoms with Crippen molar-refractivity contribution in [3.05, 3.63) is 23.8 Å². The molecule has 1 aromatic carbocycles. The minimum absolute atomic E-state index is 0.259. The molecule has 4 heteroatoms. The van der Waals surface area contributed by atoms with E-state index in [1.807, 2.05) is 18.2 Å². The fourth-order valence-corrected chi connectivity index (χ4v) is 2.27. The Hall–Kier alpha value is -1.71. The largest absolute Gasteiger partial charge is 0.493 e. The minimum Gasteiger partial charge on any atom is -0.493 e. The molecule has 0 unspecified atom stereocenters.